The van der Waals surface area contributed by atoms with Crippen molar-refractivity contribution in [3.8, 4) is 0 Å². The van der Waals surface area contributed by atoms with Gasteiger partial charge in [-0.3, -0.25) is 0 Å². The first-order valence-electron chi connectivity index (χ1n) is 5.06. The highest BCUT2D eigenvalue weighted by Crippen LogP contribution is 2.05. The predicted molar refractivity (Wildman–Crippen MR) is 59.3 cm³/mol. The Kier molecular flexibility index (Phi) is 5.54. The Morgan fingerprint density at radius 1 is 1.47 bits per heavy atom. The molecule has 0 aliphatic carbocycles. The molecular formula is C11H22NO3+. The Balaban J connectivity index is 3.85. The molecule has 0 saturated heterocycles. The van der Waals surface area contributed by atoms with Crippen LogP contribution in [0.25, 0.3) is 0 Å². The van der Waals surface area contributed by atoms with E-state index >= 15 is 0 Å². The first kappa shape index (κ1) is 14.1. The molecule has 0 radical (unpaired) electrons. The lowest BCUT2D eigenvalue weighted by Crippen LogP contribution is -2.35. The van der Waals surface area contributed by atoms with E-state index in [0.717, 1.165) is 11.0 Å². The number of hydrogen-bond donors (Lipinski definition) is 1. The molecule has 0 bridgehead atoms. The molecule has 15 heavy (non-hydrogen) atoms. The lowest BCUT2D eigenvalue weighted by atomic mass is 10.2. The molecule has 4 nitrogen and oxygen atoms in total. The summed E-state index contributed by atoms with van der Waals surface area (Å²) < 4.78 is 5.62. The maximum atomic E-state index is 11.3. The SMILES string of the molecule is C=C(CC[N+](C)(C)C)C(=O)OCC(C)O. The number of nitrogens with zero attached hydrogens (tertiary/aromatic N) is 1. The molecule has 1 atom stereocenters. The maximum absolute atomic E-state index is 11.3. The topological polar surface area (TPSA) is 46.5 Å². The van der Waals surface area contributed by atoms with Crippen molar-refractivity contribution >= 4 is 5.97 Å². The van der Waals surface area contributed by atoms with Crippen molar-refractivity contribution in [2.24, 2.45) is 0 Å². The van der Waals surface area contributed by atoms with E-state index < -0.39 is 12.1 Å². The average Bonchev–Trinajstić information content (AvgIpc) is 2.08. The van der Waals surface area contributed by atoms with Crippen LogP contribution in [0.2, 0.25) is 0 Å². The highest BCUT2D eigenvalue weighted by molar-refractivity contribution is 5.87. The van der Waals surface area contributed by atoms with Crippen LogP contribution in [-0.2, 0) is 9.53 Å². The largest absolute Gasteiger partial charge is 0.460 e. The van der Waals surface area contributed by atoms with E-state index in [0.29, 0.717) is 12.0 Å². The summed E-state index contributed by atoms with van der Waals surface area (Å²) in [5.41, 5.74) is 0.462. The van der Waals surface area contributed by atoms with Gasteiger partial charge in [0.15, 0.2) is 0 Å². The quantitative estimate of drug-likeness (QED) is 0.401. The summed E-state index contributed by atoms with van der Waals surface area (Å²) in [7, 11) is 6.15. The molecule has 0 aromatic rings. The van der Waals surface area contributed by atoms with Gasteiger partial charge in [-0.25, -0.2) is 4.79 Å². The first-order valence-corrected chi connectivity index (χ1v) is 5.06. The van der Waals surface area contributed by atoms with Crippen LogP contribution in [0.15, 0.2) is 12.2 Å². The fourth-order valence-corrected chi connectivity index (χ4v) is 0.871. The van der Waals surface area contributed by atoms with Crippen molar-refractivity contribution in [1.82, 2.24) is 0 Å². The zero-order valence-electron chi connectivity index (χ0n) is 10.1. The second-order valence-corrected chi connectivity index (χ2v) is 4.81. The minimum Gasteiger partial charge on any atom is -0.460 e. The number of aliphatic hydroxyl groups excluding tert-OH is 1. The van der Waals surface area contributed by atoms with Gasteiger partial charge in [-0.1, -0.05) is 6.58 Å². The van der Waals surface area contributed by atoms with Crippen LogP contribution in [0, 0.1) is 0 Å². The summed E-state index contributed by atoms with van der Waals surface area (Å²) in [6.07, 6.45) is -0.0116. The van der Waals surface area contributed by atoms with Crippen LogP contribution in [0.1, 0.15) is 13.3 Å². The first-order chi connectivity index (χ1) is 6.72. The molecule has 1 N–H and O–H groups in total. The number of carbonyl (C=O) groups is 1. The van der Waals surface area contributed by atoms with Crippen LogP contribution in [0.5, 0.6) is 0 Å². The van der Waals surface area contributed by atoms with Gasteiger partial charge >= 0.3 is 5.97 Å². The highest BCUT2D eigenvalue weighted by atomic mass is 16.5. The molecule has 0 aromatic carbocycles. The van der Waals surface area contributed by atoms with Gasteiger partial charge in [-0.15, -0.1) is 0 Å². The lowest BCUT2D eigenvalue weighted by molar-refractivity contribution is -0.870. The van der Waals surface area contributed by atoms with Crippen molar-refractivity contribution < 1.29 is 19.1 Å². The van der Waals surface area contributed by atoms with E-state index in [1.165, 1.54) is 0 Å². The molecule has 0 heterocycles. The van der Waals surface area contributed by atoms with E-state index in [1.807, 2.05) is 0 Å². The van der Waals surface area contributed by atoms with Gasteiger partial charge in [0.1, 0.15) is 6.61 Å². The number of ether oxygens (including phenoxy) is 1. The van der Waals surface area contributed by atoms with Gasteiger partial charge < -0.3 is 14.3 Å². The van der Waals surface area contributed by atoms with Crippen LogP contribution in [0.4, 0.5) is 0 Å². The van der Waals surface area contributed by atoms with Crippen molar-refractivity contribution in [2.45, 2.75) is 19.4 Å². The summed E-state index contributed by atoms with van der Waals surface area (Å²) in [5, 5.41) is 8.93. The van der Waals surface area contributed by atoms with E-state index in [9.17, 15) is 4.79 Å². The fourth-order valence-electron chi connectivity index (χ4n) is 0.871. The number of quaternary nitrogens is 1. The van der Waals surface area contributed by atoms with Gasteiger partial charge in [-0.2, -0.15) is 0 Å². The third-order valence-corrected chi connectivity index (χ3v) is 1.83. The predicted octanol–water partition coefficient (Wildman–Crippen LogP) is 0.563. The molecule has 0 aliphatic rings. The molecule has 0 aromatic heterocycles. The zero-order chi connectivity index (χ0) is 12.1. The summed E-state index contributed by atoms with van der Waals surface area (Å²) >= 11 is 0. The number of rotatable bonds is 6. The molecule has 1 unspecified atom stereocenters. The van der Waals surface area contributed by atoms with Gasteiger partial charge in [-0.05, 0) is 6.92 Å². The van der Waals surface area contributed by atoms with Crippen LogP contribution in [0.3, 0.4) is 0 Å². The van der Waals surface area contributed by atoms with Crippen LogP contribution < -0.4 is 0 Å². The Hall–Kier alpha value is -0.870. The van der Waals surface area contributed by atoms with Gasteiger partial charge in [0.2, 0.25) is 0 Å². The number of hydrogen-bond acceptors (Lipinski definition) is 3. The van der Waals surface area contributed by atoms with Crippen LogP contribution in [-0.4, -0.2) is 56.0 Å². The summed E-state index contributed by atoms with van der Waals surface area (Å²) in [6.45, 7) is 6.11. The third-order valence-electron chi connectivity index (χ3n) is 1.83. The van der Waals surface area contributed by atoms with Gasteiger partial charge in [0.05, 0.1) is 33.8 Å². The van der Waals surface area contributed by atoms with E-state index in [-0.39, 0.29) is 6.61 Å². The molecule has 0 aliphatic heterocycles. The minimum atomic E-state index is -0.625. The maximum Gasteiger partial charge on any atom is 0.333 e. The molecule has 88 valence electrons. The Labute approximate surface area is 91.7 Å². The standard InChI is InChI=1S/C11H22NO3/c1-9(6-7-12(3,4)5)11(14)15-8-10(2)13/h10,13H,1,6-8H2,2-5H3/q+1. The van der Waals surface area contributed by atoms with Crippen molar-refractivity contribution in [2.75, 3.05) is 34.3 Å². The molecule has 0 saturated carbocycles. The smallest absolute Gasteiger partial charge is 0.333 e. The van der Waals surface area contributed by atoms with Crippen LogP contribution >= 0.6 is 0 Å². The monoisotopic (exact) mass is 216 g/mol. The zero-order valence-corrected chi connectivity index (χ0v) is 10.1. The third kappa shape index (κ3) is 8.15. The number of carbonyl (C=O) groups excluding carboxylic acids is 1. The number of esters is 1. The van der Waals surface area contributed by atoms with Crippen molar-refractivity contribution in [3.63, 3.8) is 0 Å². The molecule has 0 fully saturated rings. The van der Waals surface area contributed by atoms with E-state index in [2.05, 4.69) is 27.7 Å². The van der Waals surface area contributed by atoms with Crippen molar-refractivity contribution in [1.29, 1.82) is 0 Å². The van der Waals surface area contributed by atoms with Gasteiger partial charge in [0.25, 0.3) is 0 Å². The van der Waals surface area contributed by atoms with Crippen molar-refractivity contribution in [3.05, 3.63) is 12.2 Å². The normalized spacial score (nSPS) is 13.4. The van der Waals surface area contributed by atoms with E-state index in [1.54, 1.807) is 6.92 Å². The summed E-state index contributed by atoms with van der Waals surface area (Å²) in [6, 6.07) is 0. The Morgan fingerprint density at radius 2 is 2.00 bits per heavy atom. The van der Waals surface area contributed by atoms with E-state index in [4.69, 9.17) is 9.84 Å². The Morgan fingerprint density at radius 3 is 2.40 bits per heavy atom. The number of aliphatic hydroxyl groups is 1. The lowest BCUT2D eigenvalue weighted by Gasteiger charge is -2.23. The average molecular weight is 216 g/mol. The molecule has 0 spiro atoms. The Bertz CT molecular complexity index is 228. The van der Waals surface area contributed by atoms with Gasteiger partial charge in [0, 0.05) is 12.0 Å². The highest BCUT2D eigenvalue weighted by Gasteiger charge is 2.14. The minimum absolute atomic E-state index is 0.0300. The molecular weight excluding hydrogens is 194 g/mol. The second-order valence-electron chi connectivity index (χ2n) is 4.81. The summed E-state index contributed by atoms with van der Waals surface area (Å²) in [4.78, 5) is 11.3. The summed E-state index contributed by atoms with van der Waals surface area (Å²) in [5.74, 6) is -0.413. The molecule has 0 amide bonds. The molecule has 4 heteroatoms. The second kappa shape index (κ2) is 5.88. The fraction of sp³-hybridized carbons (Fsp3) is 0.727. The molecule has 0 rings (SSSR count).